The highest BCUT2D eigenvalue weighted by molar-refractivity contribution is 5.85. The van der Waals surface area contributed by atoms with Crippen molar-refractivity contribution < 1.29 is 4.79 Å². The van der Waals surface area contributed by atoms with E-state index in [-0.39, 0.29) is 11.3 Å². The molecule has 3 N–H and O–H groups in total. The summed E-state index contributed by atoms with van der Waals surface area (Å²) in [6.45, 7) is 3.97. The Morgan fingerprint density at radius 3 is 2.70 bits per heavy atom. The van der Waals surface area contributed by atoms with Gasteiger partial charge in [0.15, 0.2) is 5.96 Å². The van der Waals surface area contributed by atoms with Crippen molar-refractivity contribution in [2.45, 2.75) is 39.2 Å². The summed E-state index contributed by atoms with van der Waals surface area (Å²) in [6.07, 6.45) is 5.83. The lowest BCUT2D eigenvalue weighted by Gasteiger charge is -2.31. The fourth-order valence-corrected chi connectivity index (χ4v) is 3.12. The van der Waals surface area contributed by atoms with E-state index < -0.39 is 0 Å². The number of rotatable bonds is 6. The molecule has 1 saturated carbocycles. The van der Waals surface area contributed by atoms with Gasteiger partial charge >= 0.3 is 0 Å². The summed E-state index contributed by atoms with van der Waals surface area (Å²) in [4.78, 5) is 18.9. The third-order valence-electron chi connectivity index (χ3n) is 4.32. The molecule has 0 saturated heterocycles. The van der Waals surface area contributed by atoms with E-state index >= 15 is 0 Å². The maximum Gasteiger partial charge on any atom is 0.230 e. The maximum atomic E-state index is 12.6. The first-order valence-corrected chi connectivity index (χ1v) is 8.29. The summed E-state index contributed by atoms with van der Waals surface area (Å²) in [7, 11) is 3.67. The van der Waals surface area contributed by atoms with Gasteiger partial charge in [-0.2, -0.15) is 5.10 Å². The Morgan fingerprint density at radius 1 is 1.39 bits per heavy atom. The molecule has 0 radical (unpaired) electrons. The van der Waals surface area contributed by atoms with Gasteiger partial charge in [0.05, 0.1) is 17.7 Å². The number of carbonyl (C=O) groups is 1. The SMILES string of the molecule is CCNC(=NCc1ccn[nH]1)NCC1(C(=O)N(C)C)CCCC1. The molecule has 1 aliphatic carbocycles. The molecule has 7 nitrogen and oxygen atoms in total. The normalized spacial score (nSPS) is 17.1. The zero-order valence-corrected chi connectivity index (χ0v) is 14.4. The van der Waals surface area contributed by atoms with E-state index in [2.05, 4.69) is 25.8 Å². The lowest BCUT2D eigenvalue weighted by atomic mass is 9.84. The van der Waals surface area contributed by atoms with E-state index in [1.54, 1.807) is 11.1 Å². The molecule has 1 heterocycles. The monoisotopic (exact) mass is 320 g/mol. The summed E-state index contributed by atoms with van der Waals surface area (Å²) in [5.41, 5.74) is 0.662. The third kappa shape index (κ3) is 4.46. The Labute approximate surface area is 137 Å². The minimum Gasteiger partial charge on any atom is -0.357 e. The molecule has 1 aliphatic rings. The number of H-pyrrole nitrogens is 1. The van der Waals surface area contributed by atoms with Crippen LogP contribution in [0.2, 0.25) is 0 Å². The number of aromatic nitrogens is 2. The van der Waals surface area contributed by atoms with Crippen molar-refractivity contribution in [3.8, 4) is 0 Å². The van der Waals surface area contributed by atoms with Crippen LogP contribution in [-0.2, 0) is 11.3 Å². The molecule has 0 atom stereocenters. The number of guanidine groups is 1. The van der Waals surface area contributed by atoms with Crippen molar-refractivity contribution >= 4 is 11.9 Å². The molecule has 1 aromatic rings. The van der Waals surface area contributed by atoms with Gasteiger partial charge in [0.2, 0.25) is 5.91 Å². The fraction of sp³-hybridized carbons (Fsp3) is 0.688. The van der Waals surface area contributed by atoms with E-state index in [4.69, 9.17) is 0 Å². The summed E-state index contributed by atoms with van der Waals surface area (Å²) in [5.74, 6) is 0.951. The van der Waals surface area contributed by atoms with Crippen molar-refractivity contribution in [3.63, 3.8) is 0 Å². The average Bonchev–Trinajstić information content (AvgIpc) is 3.21. The Morgan fingerprint density at radius 2 is 2.13 bits per heavy atom. The van der Waals surface area contributed by atoms with Crippen LogP contribution in [0, 0.1) is 5.41 Å². The van der Waals surface area contributed by atoms with Gasteiger partial charge in [-0.1, -0.05) is 12.8 Å². The highest BCUT2D eigenvalue weighted by Gasteiger charge is 2.42. The summed E-state index contributed by atoms with van der Waals surface area (Å²) < 4.78 is 0. The number of hydrogen-bond acceptors (Lipinski definition) is 3. The Bertz CT molecular complexity index is 517. The molecule has 23 heavy (non-hydrogen) atoms. The molecule has 0 unspecified atom stereocenters. The van der Waals surface area contributed by atoms with E-state index in [1.807, 2.05) is 27.1 Å². The van der Waals surface area contributed by atoms with Crippen LogP contribution in [0.25, 0.3) is 0 Å². The van der Waals surface area contributed by atoms with Gasteiger partial charge in [-0.15, -0.1) is 0 Å². The minimum absolute atomic E-state index is 0.215. The number of aliphatic imine (C=N–C) groups is 1. The van der Waals surface area contributed by atoms with Crippen molar-refractivity contribution in [2.24, 2.45) is 10.4 Å². The van der Waals surface area contributed by atoms with Gasteiger partial charge in [-0.3, -0.25) is 9.89 Å². The average molecular weight is 320 g/mol. The first kappa shape index (κ1) is 17.3. The van der Waals surface area contributed by atoms with E-state index in [1.165, 1.54) is 0 Å². The molecule has 0 bridgehead atoms. The van der Waals surface area contributed by atoms with Crippen LogP contribution < -0.4 is 10.6 Å². The van der Waals surface area contributed by atoms with E-state index in [0.29, 0.717) is 13.1 Å². The summed E-state index contributed by atoms with van der Waals surface area (Å²) in [6, 6.07) is 1.90. The molecule has 1 fully saturated rings. The second kappa shape index (κ2) is 7.99. The number of nitrogens with one attached hydrogen (secondary N) is 3. The van der Waals surface area contributed by atoms with Crippen LogP contribution >= 0.6 is 0 Å². The summed E-state index contributed by atoms with van der Waals surface area (Å²) in [5, 5.41) is 13.4. The second-order valence-electron chi connectivity index (χ2n) is 6.32. The van der Waals surface area contributed by atoms with Crippen LogP contribution in [0.15, 0.2) is 17.3 Å². The van der Waals surface area contributed by atoms with Crippen LogP contribution in [0.5, 0.6) is 0 Å². The lowest BCUT2D eigenvalue weighted by Crippen LogP contribution is -2.49. The third-order valence-corrected chi connectivity index (χ3v) is 4.32. The van der Waals surface area contributed by atoms with Gasteiger partial charge in [0.25, 0.3) is 0 Å². The van der Waals surface area contributed by atoms with Crippen molar-refractivity contribution in [2.75, 3.05) is 27.2 Å². The van der Waals surface area contributed by atoms with Crippen LogP contribution in [0.1, 0.15) is 38.3 Å². The number of nitrogens with zero attached hydrogens (tertiary/aromatic N) is 3. The molecular formula is C16H28N6O. The topological polar surface area (TPSA) is 85.4 Å². The quantitative estimate of drug-likeness (QED) is 0.541. The largest absolute Gasteiger partial charge is 0.357 e. The molecule has 7 heteroatoms. The minimum atomic E-state index is -0.298. The van der Waals surface area contributed by atoms with E-state index in [0.717, 1.165) is 43.9 Å². The molecule has 0 aromatic carbocycles. The lowest BCUT2D eigenvalue weighted by molar-refractivity contribution is -0.138. The molecule has 2 rings (SSSR count). The van der Waals surface area contributed by atoms with Gasteiger partial charge in [-0.05, 0) is 25.8 Å². The Balaban J connectivity index is 2.01. The number of amides is 1. The van der Waals surface area contributed by atoms with Crippen LogP contribution in [0.3, 0.4) is 0 Å². The van der Waals surface area contributed by atoms with Gasteiger partial charge < -0.3 is 15.5 Å². The van der Waals surface area contributed by atoms with E-state index in [9.17, 15) is 4.79 Å². The van der Waals surface area contributed by atoms with Crippen molar-refractivity contribution in [1.29, 1.82) is 0 Å². The first-order valence-electron chi connectivity index (χ1n) is 8.29. The molecule has 0 spiro atoms. The predicted molar refractivity (Wildman–Crippen MR) is 91.0 cm³/mol. The number of aromatic amines is 1. The fourth-order valence-electron chi connectivity index (χ4n) is 3.12. The molecular weight excluding hydrogens is 292 g/mol. The van der Waals surface area contributed by atoms with Crippen LogP contribution in [-0.4, -0.2) is 54.1 Å². The summed E-state index contributed by atoms with van der Waals surface area (Å²) >= 11 is 0. The number of hydrogen-bond donors (Lipinski definition) is 3. The zero-order valence-electron chi connectivity index (χ0n) is 14.4. The molecule has 1 amide bonds. The maximum absolute atomic E-state index is 12.6. The molecule has 128 valence electrons. The first-order chi connectivity index (χ1) is 11.1. The predicted octanol–water partition coefficient (Wildman–Crippen LogP) is 1.11. The molecule has 0 aliphatic heterocycles. The second-order valence-corrected chi connectivity index (χ2v) is 6.32. The molecule has 1 aromatic heterocycles. The Hall–Kier alpha value is -2.05. The highest BCUT2D eigenvalue weighted by atomic mass is 16.2. The van der Waals surface area contributed by atoms with Crippen molar-refractivity contribution in [3.05, 3.63) is 18.0 Å². The van der Waals surface area contributed by atoms with Crippen molar-refractivity contribution in [1.82, 2.24) is 25.7 Å². The van der Waals surface area contributed by atoms with Crippen LogP contribution in [0.4, 0.5) is 0 Å². The zero-order chi connectivity index (χ0) is 16.7. The highest BCUT2D eigenvalue weighted by Crippen LogP contribution is 2.38. The van der Waals surface area contributed by atoms with Gasteiger partial charge in [0.1, 0.15) is 0 Å². The van der Waals surface area contributed by atoms with Gasteiger partial charge in [-0.25, -0.2) is 4.99 Å². The standard InChI is InChI=1S/C16H28N6O/c1-4-17-15(18-11-13-7-10-20-21-13)19-12-16(8-5-6-9-16)14(23)22(2)3/h7,10H,4-6,8-9,11-12H2,1-3H3,(H,20,21)(H2,17,18,19). The Kier molecular flexibility index (Phi) is 6.01. The number of carbonyl (C=O) groups excluding carboxylic acids is 1. The van der Waals surface area contributed by atoms with Gasteiger partial charge in [0, 0.05) is 33.4 Å². The smallest absolute Gasteiger partial charge is 0.230 e.